The summed E-state index contributed by atoms with van der Waals surface area (Å²) in [7, 11) is 0. The molecule has 0 unspecified atom stereocenters. The van der Waals surface area contributed by atoms with E-state index in [1.165, 1.54) is 0 Å². The van der Waals surface area contributed by atoms with Crippen LogP contribution in [0.25, 0.3) is 0 Å². The molecule has 3 nitrogen and oxygen atoms in total. The van der Waals surface area contributed by atoms with Crippen molar-refractivity contribution in [3.8, 4) is 0 Å². The first-order valence-electron chi connectivity index (χ1n) is 6.89. The Morgan fingerprint density at radius 2 is 1.74 bits per heavy atom. The van der Waals surface area contributed by atoms with E-state index in [2.05, 4.69) is 0 Å². The predicted molar refractivity (Wildman–Crippen MR) is 74.2 cm³/mol. The molecule has 1 aliphatic rings. The van der Waals surface area contributed by atoms with Crippen LogP contribution in [-0.2, 0) is 16.6 Å². The molecule has 0 bridgehead atoms. The molecule has 0 heterocycles. The minimum atomic E-state index is -0.737. The molecular weight excluding hydrogens is 240 g/mol. The van der Waals surface area contributed by atoms with Crippen molar-refractivity contribution >= 4 is 5.97 Å². The number of carboxylic acid groups (broad SMARTS) is 1. The maximum Gasteiger partial charge on any atom is 0.314 e. The number of aliphatic carboxylic acids is 1. The summed E-state index contributed by atoms with van der Waals surface area (Å²) in [6.45, 7) is 3.55. The van der Waals surface area contributed by atoms with Crippen LogP contribution >= 0.6 is 0 Å². The van der Waals surface area contributed by atoms with Crippen molar-refractivity contribution in [3.63, 3.8) is 0 Å². The van der Waals surface area contributed by atoms with Gasteiger partial charge >= 0.3 is 5.97 Å². The van der Waals surface area contributed by atoms with Crippen LogP contribution in [-0.4, -0.2) is 21.8 Å². The third-order valence-corrected chi connectivity index (χ3v) is 4.01. The molecule has 1 saturated carbocycles. The highest BCUT2D eigenvalue weighted by atomic mass is 16.4. The molecular formula is C16H22O3. The summed E-state index contributed by atoms with van der Waals surface area (Å²) >= 11 is 0. The van der Waals surface area contributed by atoms with Gasteiger partial charge in [-0.3, -0.25) is 4.79 Å². The van der Waals surface area contributed by atoms with Gasteiger partial charge in [-0.25, -0.2) is 0 Å². The summed E-state index contributed by atoms with van der Waals surface area (Å²) in [5, 5.41) is 19.3. The number of rotatable bonds is 4. The molecule has 2 rings (SSSR count). The quantitative estimate of drug-likeness (QED) is 0.877. The van der Waals surface area contributed by atoms with Crippen LogP contribution in [0, 0.1) is 0 Å². The van der Waals surface area contributed by atoms with Gasteiger partial charge in [-0.1, -0.05) is 37.1 Å². The molecule has 3 heteroatoms. The predicted octanol–water partition coefficient (Wildman–Crippen LogP) is 2.90. The van der Waals surface area contributed by atoms with Crippen molar-refractivity contribution in [2.45, 2.75) is 57.0 Å². The standard InChI is InChI=1S/C16H22O3/c1-15(2,19)11-12-5-7-13(8-6-12)16(14(17)18)9-3-4-10-16/h5-8,19H,3-4,9-11H2,1-2H3,(H,17,18). The molecule has 2 N–H and O–H groups in total. The molecule has 0 atom stereocenters. The van der Waals surface area contributed by atoms with Crippen molar-refractivity contribution in [2.75, 3.05) is 0 Å². The minimum absolute atomic E-state index is 0.577. The summed E-state index contributed by atoms with van der Waals surface area (Å²) in [6, 6.07) is 7.72. The summed E-state index contributed by atoms with van der Waals surface area (Å²) in [6.07, 6.45) is 4.00. The van der Waals surface area contributed by atoms with E-state index in [1.807, 2.05) is 24.3 Å². The maximum atomic E-state index is 11.6. The van der Waals surface area contributed by atoms with Gasteiger partial charge in [0, 0.05) is 6.42 Å². The molecule has 19 heavy (non-hydrogen) atoms. The van der Waals surface area contributed by atoms with E-state index >= 15 is 0 Å². The van der Waals surface area contributed by atoms with Crippen LogP contribution in [0.15, 0.2) is 24.3 Å². The van der Waals surface area contributed by atoms with Crippen LogP contribution in [0.1, 0.15) is 50.7 Å². The summed E-state index contributed by atoms with van der Waals surface area (Å²) < 4.78 is 0. The van der Waals surface area contributed by atoms with Gasteiger partial charge in [0.15, 0.2) is 0 Å². The Morgan fingerprint density at radius 3 is 2.16 bits per heavy atom. The number of carbonyl (C=O) groups is 1. The normalized spacial score (nSPS) is 18.5. The molecule has 1 aromatic rings. The van der Waals surface area contributed by atoms with E-state index in [9.17, 15) is 15.0 Å². The summed E-state index contributed by atoms with van der Waals surface area (Å²) in [5.74, 6) is -0.708. The van der Waals surface area contributed by atoms with Crippen molar-refractivity contribution in [1.82, 2.24) is 0 Å². The maximum absolute atomic E-state index is 11.6. The Kier molecular flexibility index (Phi) is 3.68. The Bertz CT molecular complexity index is 448. The van der Waals surface area contributed by atoms with Gasteiger partial charge in [-0.15, -0.1) is 0 Å². The molecule has 1 fully saturated rings. The lowest BCUT2D eigenvalue weighted by molar-refractivity contribution is -0.143. The topological polar surface area (TPSA) is 57.5 Å². The SMILES string of the molecule is CC(C)(O)Cc1ccc(C2(C(=O)O)CCCC2)cc1. The molecule has 0 radical (unpaired) electrons. The van der Waals surface area contributed by atoms with Crippen molar-refractivity contribution in [1.29, 1.82) is 0 Å². The first-order chi connectivity index (χ1) is 8.83. The summed E-state index contributed by atoms with van der Waals surface area (Å²) in [5.41, 5.74) is 0.513. The van der Waals surface area contributed by atoms with Crippen molar-refractivity contribution in [2.24, 2.45) is 0 Å². The fraction of sp³-hybridized carbons (Fsp3) is 0.562. The number of benzene rings is 1. The van der Waals surface area contributed by atoms with Crippen LogP contribution in [0.4, 0.5) is 0 Å². The van der Waals surface area contributed by atoms with E-state index in [0.29, 0.717) is 6.42 Å². The Hall–Kier alpha value is -1.35. The third-order valence-electron chi connectivity index (χ3n) is 4.01. The highest BCUT2D eigenvalue weighted by Crippen LogP contribution is 2.41. The molecule has 1 aromatic carbocycles. The lowest BCUT2D eigenvalue weighted by Gasteiger charge is -2.25. The monoisotopic (exact) mass is 262 g/mol. The average Bonchev–Trinajstić information content (AvgIpc) is 2.78. The number of hydrogen-bond acceptors (Lipinski definition) is 2. The van der Waals surface area contributed by atoms with Gasteiger partial charge < -0.3 is 10.2 Å². The Balaban J connectivity index is 2.24. The second-order valence-corrected chi connectivity index (χ2v) is 6.28. The lowest BCUT2D eigenvalue weighted by Crippen LogP contribution is -2.32. The fourth-order valence-electron chi connectivity index (χ4n) is 3.05. The van der Waals surface area contributed by atoms with Gasteiger partial charge in [0.1, 0.15) is 0 Å². The van der Waals surface area contributed by atoms with E-state index in [4.69, 9.17) is 0 Å². The number of hydrogen-bond donors (Lipinski definition) is 2. The van der Waals surface area contributed by atoms with E-state index in [1.54, 1.807) is 13.8 Å². The zero-order valence-electron chi connectivity index (χ0n) is 11.6. The van der Waals surface area contributed by atoms with Crippen molar-refractivity contribution < 1.29 is 15.0 Å². The third kappa shape index (κ3) is 2.98. The van der Waals surface area contributed by atoms with E-state index < -0.39 is 17.0 Å². The Morgan fingerprint density at radius 1 is 1.21 bits per heavy atom. The zero-order valence-corrected chi connectivity index (χ0v) is 11.6. The fourth-order valence-corrected chi connectivity index (χ4v) is 3.05. The highest BCUT2D eigenvalue weighted by Gasteiger charge is 2.42. The van der Waals surface area contributed by atoms with Gasteiger partial charge in [0.05, 0.1) is 11.0 Å². The Labute approximate surface area is 114 Å². The second-order valence-electron chi connectivity index (χ2n) is 6.28. The number of aliphatic hydroxyl groups is 1. The average molecular weight is 262 g/mol. The van der Waals surface area contributed by atoms with E-state index in [-0.39, 0.29) is 0 Å². The lowest BCUT2D eigenvalue weighted by atomic mass is 9.78. The largest absolute Gasteiger partial charge is 0.481 e. The highest BCUT2D eigenvalue weighted by molar-refractivity contribution is 5.81. The molecule has 0 aliphatic heterocycles. The van der Waals surface area contributed by atoms with Crippen molar-refractivity contribution in [3.05, 3.63) is 35.4 Å². The summed E-state index contributed by atoms with van der Waals surface area (Å²) in [4.78, 5) is 11.6. The van der Waals surface area contributed by atoms with Crippen LogP contribution in [0.2, 0.25) is 0 Å². The second kappa shape index (κ2) is 4.97. The molecule has 0 spiro atoms. The smallest absolute Gasteiger partial charge is 0.314 e. The van der Waals surface area contributed by atoms with Crippen LogP contribution in [0.5, 0.6) is 0 Å². The van der Waals surface area contributed by atoms with Gasteiger partial charge in [-0.2, -0.15) is 0 Å². The van der Waals surface area contributed by atoms with Gasteiger partial charge in [0.25, 0.3) is 0 Å². The van der Waals surface area contributed by atoms with Crippen LogP contribution < -0.4 is 0 Å². The number of carboxylic acids is 1. The van der Waals surface area contributed by atoms with Gasteiger partial charge in [-0.05, 0) is 37.8 Å². The molecule has 0 aromatic heterocycles. The molecule has 1 aliphatic carbocycles. The van der Waals surface area contributed by atoms with Crippen LogP contribution in [0.3, 0.4) is 0 Å². The first kappa shape index (κ1) is 14.1. The minimum Gasteiger partial charge on any atom is -0.481 e. The van der Waals surface area contributed by atoms with E-state index in [0.717, 1.165) is 36.8 Å². The first-order valence-corrected chi connectivity index (χ1v) is 6.89. The molecule has 104 valence electrons. The molecule has 0 saturated heterocycles. The van der Waals surface area contributed by atoms with Gasteiger partial charge in [0.2, 0.25) is 0 Å². The molecule has 0 amide bonds. The zero-order chi connectivity index (χ0) is 14.1.